The summed E-state index contributed by atoms with van der Waals surface area (Å²) >= 11 is 0. The zero-order valence-corrected chi connectivity index (χ0v) is 14.8. The van der Waals surface area contributed by atoms with Crippen molar-refractivity contribution in [3.8, 4) is 5.75 Å². The summed E-state index contributed by atoms with van der Waals surface area (Å²) in [7, 11) is -1.28. The topological polar surface area (TPSA) is 106 Å². The molecule has 2 heterocycles. The highest BCUT2D eigenvalue weighted by molar-refractivity contribution is 7.91. The van der Waals surface area contributed by atoms with Crippen molar-refractivity contribution in [1.29, 1.82) is 0 Å². The normalized spacial score (nSPS) is 18.7. The average Bonchev–Trinajstić information content (AvgIpc) is 2.94. The lowest BCUT2D eigenvalue weighted by Gasteiger charge is -2.12. The highest BCUT2D eigenvalue weighted by Gasteiger charge is 2.28. The molecule has 1 unspecified atom stereocenters. The minimum atomic E-state index is -2.93. The molecule has 1 aromatic heterocycles. The largest absolute Gasteiger partial charge is 0.496 e. The number of ether oxygens (including phenoxy) is 1. The molecule has 1 saturated heterocycles. The van der Waals surface area contributed by atoms with E-state index in [2.05, 4.69) is 25.8 Å². The van der Waals surface area contributed by atoms with Gasteiger partial charge in [-0.05, 0) is 24.5 Å². The Hall–Kier alpha value is -2.42. The van der Waals surface area contributed by atoms with Crippen molar-refractivity contribution in [2.45, 2.75) is 18.9 Å². The molecule has 134 valence electrons. The van der Waals surface area contributed by atoms with Gasteiger partial charge in [0.2, 0.25) is 5.95 Å². The van der Waals surface area contributed by atoms with Crippen LogP contribution in [0.4, 0.5) is 11.8 Å². The van der Waals surface area contributed by atoms with Crippen LogP contribution in [0.3, 0.4) is 0 Å². The van der Waals surface area contributed by atoms with E-state index in [1.54, 1.807) is 7.11 Å². The van der Waals surface area contributed by atoms with Crippen LogP contribution < -0.4 is 15.4 Å². The molecule has 1 aliphatic rings. The van der Waals surface area contributed by atoms with Crippen LogP contribution in [0.2, 0.25) is 0 Å². The summed E-state index contributed by atoms with van der Waals surface area (Å²) in [6.07, 6.45) is 2.84. The van der Waals surface area contributed by atoms with E-state index in [1.165, 1.54) is 6.20 Å². The molecule has 3 rings (SSSR count). The molecule has 0 bridgehead atoms. The van der Waals surface area contributed by atoms with Crippen LogP contribution in [-0.4, -0.2) is 54.8 Å². The monoisotopic (exact) mass is 363 g/mol. The molecular weight excluding hydrogens is 342 g/mol. The first-order chi connectivity index (χ1) is 12.1. The third kappa shape index (κ3) is 4.79. The SMILES string of the molecule is COc1ccccc1CCNc1nncc(NC2CCS(=O)(=O)C2)n1. The smallest absolute Gasteiger partial charge is 0.244 e. The summed E-state index contributed by atoms with van der Waals surface area (Å²) in [6, 6.07) is 7.71. The van der Waals surface area contributed by atoms with Gasteiger partial charge in [-0.2, -0.15) is 10.1 Å². The lowest BCUT2D eigenvalue weighted by atomic mass is 10.1. The maximum absolute atomic E-state index is 11.5. The van der Waals surface area contributed by atoms with Crippen LogP contribution in [0.5, 0.6) is 5.75 Å². The summed E-state index contributed by atoms with van der Waals surface area (Å²) in [5.41, 5.74) is 1.09. The van der Waals surface area contributed by atoms with E-state index in [0.29, 0.717) is 24.7 Å². The van der Waals surface area contributed by atoms with E-state index >= 15 is 0 Å². The Kier molecular flexibility index (Phi) is 5.32. The second-order valence-corrected chi connectivity index (χ2v) is 8.13. The van der Waals surface area contributed by atoms with Crippen molar-refractivity contribution in [3.63, 3.8) is 0 Å². The maximum Gasteiger partial charge on any atom is 0.244 e. The van der Waals surface area contributed by atoms with E-state index in [1.807, 2.05) is 24.3 Å². The van der Waals surface area contributed by atoms with E-state index in [9.17, 15) is 8.42 Å². The van der Waals surface area contributed by atoms with Gasteiger partial charge in [0.05, 0.1) is 24.8 Å². The Morgan fingerprint density at radius 3 is 2.92 bits per heavy atom. The van der Waals surface area contributed by atoms with Gasteiger partial charge in [0.25, 0.3) is 0 Å². The fourth-order valence-electron chi connectivity index (χ4n) is 2.78. The number of aromatic nitrogens is 3. The molecule has 1 aliphatic heterocycles. The maximum atomic E-state index is 11.5. The lowest BCUT2D eigenvalue weighted by Crippen LogP contribution is -2.22. The van der Waals surface area contributed by atoms with Crippen molar-refractivity contribution in [2.75, 3.05) is 35.8 Å². The third-order valence-electron chi connectivity index (χ3n) is 4.01. The standard InChI is InChI=1S/C16H21N5O3S/c1-24-14-5-3-2-4-12(14)6-8-17-16-20-15(10-18-21-16)19-13-7-9-25(22,23)11-13/h2-5,10,13H,6-9,11H2,1H3,(H2,17,19,20,21). The van der Waals surface area contributed by atoms with E-state index in [0.717, 1.165) is 17.7 Å². The van der Waals surface area contributed by atoms with Gasteiger partial charge in [-0.25, -0.2) is 8.42 Å². The first kappa shape index (κ1) is 17.4. The van der Waals surface area contributed by atoms with Crippen LogP contribution in [0.1, 0.15) is 12.0 Å². The molecule has 25 heavy (non-hydrogen) atoms. The Balaban J connectivity index is 1.55. The first-order valence-electron chi connectivity index (χ1n) is 8.08. The van der Waals surface area contributed by atoms with Gasteiger partial charge < -0.3 is 15.4 Å². The van der Waals surface area contributed by atoms with E-state index < -0.39 is 9.84 Å². The van der Waals surface area contributed by atoms with Gasteiger partial charge in [-0.3, -0.25) is 0 Å². The molecule has 1 aromatic carbocycles. The molecule has 0 saturated carbocycles. The molecule has 1 fully saturated rings. The zero-order chi connectivity index (χ0) is 17.7. The number of benzene rings is 1. The van der Waals surface area contributed by atoms with Gasteiger partial charge >= 0.3 is 0 Å². The molecule has 1 atom stereocenters. The molecular formula is C16H21N5O3S. The number of methoxy groups -OCH3 is 1. The van der Waals surface area contributed by atoms with Gasteiger partial charge in [-0.15, -0.1) is 5.10 Å². The average molecular weight is 363 g/mol. The summed E-state index contributed by atoms with van der Waals surface area (Å²) in [5, 5.41) is 14.1. The van der Waals surface area contributed by atoms with Crippen LogP contribution >= 0.6 is 0 Å². The molecule has 2 aromatic rings. The molecule has 0 radical (unpaired) electrons. The van der Waals surface area contributed by atoms with Gasteiger partial charge in [0, 0.05) is 12.6 Å². The van der Waals surface area contributed by atoms with Gasteiger partial charge in [0.1, 0.15) is 5.75 Å². The number of rotatable bonds is 7. The molecule has 0 spiro atoms. The van der Waals surface area contributed by atoms with Crippen molar-refractivity contribution >= 4 is 21.6 Å². The fourth-order valence-corrected chi connectivity index (χ4v) is 4.46. The second-order valence-electron chi connectivity index (χ2n) is 5.90. The number of nitrogens with zero attached hydrogens (tertiary/aromatic N) is 3. The summed E-state index contributed by atoms with van der Waals surface area (Å²) in [5.74, 6) is 2.12. The Labute approximate surface area is 147 Å². The number of hydrogen-bond acceptors (Lipinski definition) is 8. The summed E-state index contributed by atoms with van der Waals surface area (Å²) in [4.78, 5) is 4.34. The molecule has 8 nitrogen and oxygen atoms in total. The van der Waals surface area contributed by atoms with Gasteiger partial charge in [0.15, 0.2) is 15.7 Å². The Bertz CT molecular complexity index is 828. The number of anilines is 2. The van der Waals surface area contributed by atoms with Crippen LogP contribution in [0.15, 0.2) is 30.5 Å². The van der Waals surface area contributed by atoms with Crippen molar-refractivity contribution < 1.29 is 13.2 Å². The number of hydrogen-bond donors (Lipinski definition) is 2. The Morgan fingerprint density at radius 1 is 1.32 bits per heavy atom. The molecule has 9 heteroatoms. The first-order valence-corrected chi connectivity index (χ1v) is 9.90. The van der Waals surface area contributed by atoms with Crippen LogP contribution in [0, 0.1) is 0 Å². The van der Waals surface area contributed by atoms with Crippen molar-refractivity contribution in [1.82, 2.24) is 15.2 Å². The lowest BCUT2D eigenvalue weighted by molar-refractivity contribution is 0.410. The highest BCUT2D eigenvalue weighted by Crippen LogP contribution is 2.18. The predicted molar refractivity (Wildman–Crippen MR) is 95.7 cm³/mol. The summed E-state index contributed by atoms with van der Waals surface area (Å²) < 4.78 is 28.4. The highest BCUT2D eigenvalue weighted by atomic mass is 32.2. The second kappa shape index (κ2) is 7.64. The molecule has 2 N–H and O–H groups in total. The number of para-hydroxylation sites is 1. The number of sulfone groups is 1. The van der Waals surface area contributed by atoms with E-state index in [-0.39, 0.29) is 17.5 Å². The molecule has 0 amide bonds. The number of nitrogens with one attached hydrogen (secondary N) is 2. The fraction of sp³-hybridized carbons (Fsp3) is 0.438. The summed E-state index contributed by atoms with van der Waals surface area (Å²) in [6.45, 7) is 0.628. The minimum absolute atomic E-state index is 0.122. The molecule has 0 aliphatic carbocycles. The zero-order valence-electron chi connectivity index (χ0n) is 14.0. The van der Waals surface area contributed by atoms with Crippen molar-refractivity contribution in [3.05, 3.63) is 36.0 Å². The van der Waals surface area contributed by atoms with Crippen molar-refractivity contribution in [2.24, 2.45) is 0 Å². The third-order valence-corrected chi connectivity index (χ3v) is 5.78. The van der Waals surface area contributed by atoms with Crippen LogP contribution in [-0.2, 0) is 16.3 Å². The van der Waals surface area contributed by atoms with Crippen LogP contribution in [0.25, 0.3) is 0 Å². The quantitative estimate of drug-likeness (QED) is 0.754. The van der Waals surface area contributed by atoms with Gasteiger partial charge in [-0.1, -0.05) is 18.2 Å². The Morgan fingerprint density at radius 2 is 2.16 bits per heavy atom. The minimum Gasteiger partial charge on any atom is -0.496 e. The van der Waals surface area contributed by atoms with E-state index in [4.69, 9.17) is 4.74 Å². The predicted octanol–water partition coefficient (Wildman–Crippen LogP) is 1.13.